The van der Waals surface area contributed by atoms with Crippen molar-refractivity contribution >= 4 is 11.8 Å². The van der Waals surface area contributed by atoms with E-state index in [0.29, 0.717) is 5.56 Å². The largest absolute Gasteiger partial charge is 0.468 e. The molecule has 1 aliphatic rings. The first-order chi connectivity index (χ1) is 11.1. The summed E-state index contributed by atoms with van der Waals surface area (Å²) in [4.78, 5) is 25.7. The van der Waals surface area contributed by atoms with Gasteiger partial charge in [-0.25, -0.2) is 0 Å². The fraction of sp³-hybridized carbons (Fsp3) is 0.200. The highest BCUT2D eigenvalue weighted by atomic mass is 16.5. The lowest BCUT2D eigenvalue weighted by atomic mass is 9.69. The number of rotatable bonds is 3. The molecule has 114 valence electrons. The number of terminal acetylenes is 1. The zero-order valence-corrected chi connectivity index (χ0v) is 12.8. The normalized spacial score (nSPS) is 20.4. The molecule has 0 saturated heterocycles. The predicted octanol–water partition coefficient (Wildman–Crippen LogP) is 3.00. The second-order valence-corrected chi connectivity index (χ2v) is 5.64. The van der Waals surface area contributed by atoms with E-state index in [1.165, 1.54) is 7.11 Å². The summed E-state index contributed by atoms with van der Waals surface area (Å²) in [6.45, 7) is 0. The molecule has 0 spiro atoms. The highest BCUT2D eigenvalue weighted by molar-refractivity contribution is 6.17. The topological polar surface area (TPSA) is 43.4 Å². The van der Waals surface area contributed by atoms with Crippen molar-refractivity contribution in [2.24, 2.45) is 5.41 Å². The Morgan fingerprint density at radius 1 is 1.17 bits per heavy atom. The first-order valence-corrected chi connectivity index (χ1v) is 7.37. The van der Waals surface area contributed by atoms with Crippen molar-refractivity contribution in [3.8, 4) is 12.3 Å². The van der Waals surface area contributed by atoms with Crippen molar-refractivity contribution in [2.75, 3.05) is 7.11 Å². The van der Waals surface area contributed by atoms with Crippen LogP contribution in [0.4, 0.5) is 0 Å². The van der Waals surface area contributed by atoms with E-state index in [1.54, 1.807) is 12.1 Å². The molecule has 0 heterocycles. The van der Waals surface area contributed by atoms with Gasteiger partial charge in [-0.05, 0) is 17.5 Å². The average Bonchev–Trinajstić information content (AvgIpc) is 2.90. The summed E-state index contributed by atoms with van der Waals surface area (Å²) in [6.07, 6.45) is 6.01. The predicted molar refractivity (Wildman–Crippen MR) is 86.9 cm³/mol. The number of Topliss-reactive ketones (excluding diaryl/α,β-unsaturated/α-hetero) is 1. The second kappa shape index (κ2) is 5.73. The van der Waals surface area contributed by atoms with E-state index >= 15 is 0 Å². The SMILES string of the molecule is C#C[C@@H](c1ccccc1)[C@@]1(C(=O)OC)Cc2ccccc2C1=O. The van der Waals surface area contributed by atoms with E-state index in [0.717, 1.165) is 11.1 Å². The van der Waals surface area contributed by atoms with E-state index in [2.05, 4.69) is 5.92 Å². The van der Waals surface area contributed by atoms with Gasteiger partial charge in [0.15, 0.2) is 11.2 Å². The Labute approximate surface area is 135 Å². The van der Waals surface area contributed by atoms with Crippen molar-refractivity contribution in [1.29, 1.82) is 0 Å². The van der Waals surface area contributed by atoms with Crippen LogP contribution in [-0.2, 0) is 16.0 Å². The number of ketones is 1. The van der Waals surface area contributed by atoms with Crippen LogP contribution in [0.5, 0.6) is 0 Å². The molecule has 3 nitrogen and oxygen atoms in total. The first kappa shape index (κ1) is 15.1. The molecule has 3 heteroatoms. The van der Waals surface area contributed by atoms with Gasteiger partial charge in [-0.2, -0.15) is 0 Å². The van der Waals surface area contributed by atoms with Crippen LogP contribution in [-0.4, -0.2) is 18.9 Å². The first-order valence-electron chi connectivity index (χ1n) is 7.37. The molecule has 0 unspecified atom stereocenters. The maximum Gasteiger partial charge on any atom is 0.321 e. The summed E-state index contributed by atoms with van der Waals surface area (Å²) >= 11 is 0. The molecule has 0 N–H and O–H groups in total. The number of hydrogen-bond donors (Lipinski definition) is 0. The van der Waals surface area contributed by atoms with Crippen molar-refractivity contribution in [1.82, 2.24) is 0 Å². The van der Waals surface area contributed by atoms with Crippen LogP contribution in [0.2, 0.25) is 0 Å². The van der Waals surface area contributed by atoms with Crippen LogP contribution in [0.1, 0.15) is 27.4 Å². The lowest BCUT2D eigenvalue weighted by Crippen LogP contribution is -2.43. The summed E-state index contributed by atoms with van der Waals surface area (Å²) in [7, 11) is 1.29. The molecule has 2 aromatic carbocycles. The van der Waals surface area contributed by atoms with Crippen molar-refractivity contribution < 1.29 is 14.3 Å². The third-order valence-electron chi connectivity index (χ3n) is 4.48. The quantitative estimate of drug-likeness (QED) is 0.497. The Balaban J connectivity index is 2.19. The van der Waals surface area contributed by atoms with Gasteiger partial charge in [-0.1, -0.05) is 60.5 Å². The third kappa shape index (κ3) is 2.15. The fourth-order valence-electron chi connectivity index (χ4n) is 3.38. The minimum absolute atomic E-state index is 0.258. The molecular formula is C20H16O3. The fourth-order valence-corrected chi connectivity index (χ4v) is 3.38. The molecular weight excluding hydrogens is 288 g/mol. The lowest BCUT2D eigenvalue weighted by molar-refractivity contribution is -0.149. The van der Waals surface area contributed by atoms with Crippen LogP contribution in [0, 0.1) is 17.8 Å². The van der Waals surface area contributed by atoms with Gasteiger partial charge in [-0.3, -0.25) is 9.59 Å². The minimum Gasteiger partial charge on any atom is -0.468 e. The van der Waals surface area contributed by atoms with Gasteiger partial charge in [-0.15, -0.1) is 6.42 Å². The monoisotopic (exact) mass is 304 g/mol. The molecule has 3 rings (SSSR count). The Morgan fingerprint density at radius 2 is 1.83 bits per heavy atom. The Kier molecular flexibility index (Phi) is 3.75. The molecule has 0 amide bonds. The van der Waals surface area contributed by atoms with Gasteiger partial charge in [0.25, 0.3) is 0 Å². The Morgan fingerprint density at radius 3 is 2.43 bits per heavy atom. The zero-order chi connectivity index (χ0) is 16.4. The molecule has 0 radical (unpaired) electrons. The van der Waals surface area contributed by atoms with Gasteiger partial charge >= 0.3 is 5.97 Å². The zero-order valence-electron chi connectivity index (χ0n) is 12.8. The smallest absolute Gasteiger partial charge is 0.321 e. The van der Waals surface area contributed by atoms with E-state index in [-0.39, 0.29) is 12.2 Å². The highest BCUT2D eigenvalue weighted by Gasteiger charge is 2.57. The molecule has 0 saturated carbocycles. The van der Waals surface area contributed by atoms with E-state index in [9.17, 15) is 9.59 Å². The van der Waals surface area contributed by atoms with Crippen LogP contribution < -0.4 is 0 Å². The van der Waals surface area contributed by atoms with Gasteiger partial charge < -0.3 is 4.74 Å². The van der Waals surface area contributed by atoms with Gasteiger partial charge in [0.1, 0.15) is 0 Å². The number of hydrogen-bond acceptors (Lipinski definition) is 3. The van der Waals surface area contributed by atoms with Crippen molar-refractivity contribution in [3.05, 3.63) is 71.3 Å². The van der Waals surface area contributed by atoms with Crippen LogP contribution >= 0.6 is 0 Å². The summed E-state index contributed by atoms with van der Waals surface area (Å²) in [5.41, 5.74) is 0.754. The number of carbonyl (C=O) groups is 2. The number of esters is 1. The number of methoxy groups -OCH3 is 1. The maximum absolute atomic E-state index is 13.1. The summed E-state index contributed by atoms with van der Waals surface area (Å²) in [5.74, 6) is 1.15. The van der Waals surface area contributed by atoms with Crippen molar-refractivity contribution in [3.63, 3.8) is 0 Å². The molecule has 23 heavy (non-hydrogen) atoms. The maximum atomic E-state index is 13.1. The molecule has 0 bridgehead atoms. The number of ether oxygens (including phenoxy) is 1. The second-order valence-electron chi connectivity index (χ2n) is 5.64. The Hall–Kier alpha value is -2.86. The summed E-state index contributed by atoms with van der Waals surface area (Å²) in [6, 6.07) is 16.5. The van der Waals surface area contributed by atoms with Gasteiger partial charge in [0, 0.05) is 5.56 Å². The number of benzene rings is 2. The average molecular weight is 304 g/mol. The molecule has 0 aliphatic heterocycles. The highest BCUT2D eigenvalue weighted by Crippen LogP contribution is 2.47. The molecule has 2 aromatic rings. The lowest BCUT2D eigenvalue weighted by Gasteiger charge is -2.30. The Bertz CT molecular complexity index is 801. The minimum atomic E-state index is -1.39. The number of fused-ring (bicyclic) bond motifs is 1. The standard InChI is InChI=1S/C20H16O3/c1-3-17(14-9-5-4-6-10-14)20(19(22)23-2)13-15-11-7-8-12-16(15)18(20)21/h1,4-12,17H,13H2,2H3/t17-,20-/m0/s1. The number of carbonyl (C=O) groups excluding carboxylic acids is 2. The van der Waals surface area contributed by atoms with Crippen LogP contribution in [0.3, 0.4) is 0 Å². The van der Waals surface area contributed by atoms with Gasteiger partial charge in [0.2, 0.25) is 0 Å². The van der Waals surface area contributed by atoms with Crippen LogP contribution in [0.25, 0.3) is 0 Å². The van der Waals surface area contributed by atoms with Crippen LogP contribution in [0.15, 0.2) is 54.6 Å². The van der Waals surface area contributed by atoms with E-state index in [1.807, 2.05) is 42.5 Å². The van der Waals surface area contributed by atoms with Gasteiger partial charge in [0.05, 0.1) is 13.0 Å². The van der Waals surface area contributed by atoms with E-state index in [4.69, 9.17) is 11.2 Å². The molecule has 0 fully saturated rings. The third-order valence-corrected chi connectivity index (χ3v) is 4.48. The molecule has 1 aliphatic carbocycles. The molecule has 2 atom stereocenters. The van der Waals surface area contributed by atoms with Crippen molar-refractivity contribution in [2.45, 2.75) is 12.3 Å². The summed E-state index contributed by atoms with van der Waals surface area (Å²) < 4.78 is 4.99. The summed E-state index contributed by atoms with van der Waals surface area (Å²) in [5, 5.41) is 0. The molecule has 0 aromatic heterocycles. The van der Waals surface area contributed by atoms with E-state index < -0.39 is 17.3 Å².